The summed E-state index contributed by atoms with van der Waals surface area (Å²) in [4.78, 5) is 2.20. The van der Waals surface area contributed by atoms with E-state index in [0.29, 0.717) is 0 Å². The molecule has 0 bridgehead atoms. The first kappa shape index (κ1) is 13.8. The van der Waals surface area contributed by atoms with Gasteiger partial charge in [0.25, 0.3) is 0 Å². The zero-order valence-electron chi connectivity index (χ0n) is 8.43. The van der Waals surface area contributed by atoms with E-state index in [9.17, 15) is 0 Å². The van der Waals surface area contributed by atoms with Gasteiger partial charge in [0, 0.05) is 35.8 Å². The highest BCUT2D eigenvalue weighted by Gasteiger charge is 2.12. The third kappa shape index (κ3) is 9.14. The summed E-state index contributed by atoms with van der Waals surface area (Å²) in [6, 6.07) is 0. The van der Waals surface area contributed by atoms with E-state index in [1.54, 1.807) is 0 Å². The lowest BCUT2D eigenvalue weighted by molar-refractivity contribution is 0.281. The van der Waals surface area contributed by atoms with Crippen LogP contribution >= 0.6 is 34.8 Å². The Morgan fingerprint density at radius 1 is 0.769 bits per heavy atom. The monoisotopic (exact) mass is 245 g/mol. The molecule has 13 heavy (non-hydrogen) atoms. The molecule has 0 amide bonds. The van der Waals surface area contributed by atoms with Gasteiger partial charge >= 0.3 is 0 Å². The first-order valence-electron chi connectivity index (χ1n) is 4.56. The Morgan fingerprint density at radius 3 is 1.15 bits per heavy atom. The zero-order chi connectivity index (χ0) is 10.4. The average molecular weight is 247 g/mol. The van der Waals surface area contributed by atoms with Crippen LogP contribution in [-0.2, 0) is 0 Å². The molecular weight excluding hydrogens is 228 g/mol. The Balaban J connectivity index is 3.87. The lowest BCUT2D eigenvalue weighted by atomic mass is 10.3. The summed E-state index contributed by atoms with van der Waals surface area (Å²) in [5.74, 6) is 0. The molecule has 80 valence electrons. The van der Waals surface area contributed by atoms with E-state index in [4.69, 9.17) is 34.8 Å². The molecule has 3 unspecified atom stereocenters. The van der Waals surface area contributed by atoms with Crippen LogP contribution in [0, 0.1) is 0 Å². The van der Waals surface area contributed by atoms with Crippen LogP contribution in [0.1, 0.15) is 20.8 Å². The summed E-state index contributed by atoms with van der Waals surface area (Å²) >= 11 is 17.7. The molecule has 0 aliphatic heterocycles. The summed E-state index contributed by atoms with van der Waals surface area (Å²) in [5.41, 5.74) is 0. The van der Waals surface area contributed by atoms with E-state index in [-0.39, 0.29) is 16.1 Å². The molecule has 0 fully saturated rings. The van der Waals surface area contributed by atoms with E-state index >= 15 is 0 Å². The van der Waals surface area contributed by atoms with Crippen LogP contribution in [0.25, 0.3) is 0 Å². The average Bonchev–Trinajstić information content (AvgIpc) is 1.80. The van der Waals surface area contributed by atoms with Crippen LogP contribution in [0.15, 0.2) is 0 Å². The maximum Gasteiger partial charge on any atom is 0.0435 e. The van der Waals surface area contributed by atoms with Crippen LogP contribution < -0.4 is 0 Å². The molecule has 0 aromatic carbocycles. The number of halogens is 3. The molecular formula is C9H18Cl3N. The molecule has 4 heteroatoms. The molecule has 0 spiro atoms. The Hall–Kier alpha value is 0.830. The van der Waals surface area contributed by atoms with Crippen molar-refractivity contribution in [3.63, 3.8) is 0 Å². The Morgan fingerprint density at radius 2 is 1.00 bits per heavy atom. The SMILES string of the molecule is CC(Cl)CN(CC(C)Cl)CC(C)Cl. The fraction of sp³-hybridized carbons (Fsp3) is 1.00. The van der Waals surface area contributed by atoms with Gasteiger partial charge in [0.1, 0.15) is 0 Å². The smallest absolute Gasteiger partial charge is 0.0435 e. The first-order valence-corrected chi connectivity index (χ1v) is 5.87. The molecule has 0 aliphatic rings. The third-order valence-corrected chi connectivity index (χ3v) is 1.94. The van der Waals surface area contributed by atoms with Gasteiger partial charge in [-0.2, -0.15) is 0 Å². The van der Waals surface area contributed by atoms with Gasteiger partial charge in [-0.1, -0.05) is 0 Å². The largest absolute Gasteiger partial charge is 0.299 e. The predicted molar refractivity (Wildman–Crippen MR) is 62.4 cm³/mol. The van der Waals surface area contributed by atoms with Gasteiger partial charge in [-0.3, -0.25) is 4.90 Å². The summed E-state index contributed by atoms with van der Waals surface area (Å²) in [5, 5.41) is 0.433. The minimum Gasteiger partial charge on any atom is -0.299 e. The lowest BCUT2D eigenvalue weighted by Gasteiger charge is -2.25. The van der Waals surface area contributed by atoms with Crippen LogP contribution in [0.2, 0.25) is 0 Å². The predicted octanol–water partition coefficient (Wildman–Crippen LogP) is 3.17. The highest BCUT2D eigenvalue weighted by atomic mass is 35.5. The van der Waals surface area contributed by atoms with Crippen molar-refractivity contribution in [1.82, 2.24) is 4.90 Å². The summed E-state index contributed by atoms with van der Waals surface area (Å²) < 4.78 is 0. The number of hydrogen-bond acceptors (Lipinski definition) is 1. The van der Waals surface area contributed by atoms with Gasteiger partial charge < -0.3 is 0 Å². The van der Waals surface area contributed by atoms with E-state index in [1.165, 1.54) is 0 Å². The molecule has 1 nitrogen and oxygen atoms in total. The Kier molecular flexibility index (Phi) is 7.62. The molecule has 0 aromatic rings. The zero-order valence-corrected chi connectivity index (χ0v) is 10.7. The first-order chi connectivity index (χ1) is 5.91. The van der Waals surface area contributed by atoms with E-state index in [1.807, 2.05) is 20.8 Å². The highest BCUT2D eigenvalue weighted by Crippen LogP contribution is 2.06. The van der Waals surface area contributed by atoms with Gasteiger partial charge in [-0.05, 0) is 20.8 Å². The van der Waals surface area contributed by atoms with Gasteiger partial charge in [0.05, 0.1) is 0 Å². The van der Waals surface area contributed by atoms with Crippen LogP contribution in [0.5, 0.6) is 0 Å². The number of hydrogen-bond donors (Lipinski definition) is 0. The molecule has 0 saturated heterocycles. The quantitative estimate of drug-likeness (QED) is 0.651. The second kappa shape index (κ2) is 7.17. The van der Waals surface area contributed by atoms with Crippen molar-refractivity contribution in [1.29, 1.82) is 0 Å². The second-order valence-corrected chi connectivity index (χ2v) is 5.80. The summed E-state index contributed by atoms with van der Waals surface area (Å²) in [6.45, 7) is 8.46. The van der Waals surface area contributed by atoms with Crippen molar-refractivity contribution >= 4 is 34.8 Å². The summed E-state index contributed by atoms with van der Waals surface area (Å²) in [6.07, 6.45) is 0. The standard InChI is InChI=1S/C9H18Cl3N/c1-7(10)4-13(5-8(2)11)6-9(3)12/h7-9H,4-6H2,1-3H3. The molecule has 0 aromatic heterocycles. The minimum atomic E-state index is 0.144. The van der Waals surface area contributed by atoms with Crippen molar-refractivity contribution in [3.05, 3.63) is 0 Å². The van der Waals surface area contributed by atoms with Crippen molar-refractivity contribution in [2.75, 3.05) is 19.6 Å². The third-order valence-electron chi connectivity index (χ3n) is 1.53. The number of nitrogens with zero attached hydrogens (tertiary/aromatic N) is 1. The molecule has 0 N–H and O–H groups in total. The summed E-state index contributed by atoms with van der Waals surface area (Å²) in [7, 11) is 0. The van der Waals surface area contributed by atoms with E-state index < -0.39 is 0 Å². The van der Waals surface area contributed by atoms with Gasteiger partial charge in [0.15, 0.2) is 0 Å². The fourth-order valence-corrected chi connectivity index (χ4v) is 1.88. The lowest BCUT2D eigenvalue weighted by Crippen LogP contribution is -2.36. The van der Waals surface area contributed by atoms with E-state index in [0.717, 1.165) is 19.6 Å². The molecule has 0 radical (unpaired) electrons. The Labute approximate surface area is 96.3 Å². The van der Waals surface area contributed by atoms with Crippen LogP contribution in [0.3, 0.4) is 0 Å². The van der Waals surface area contributed by atoms with Gasteiger partial charge in [-0.15, -0.1) is 34.8 Å². The maximum absolute atomic E-state index is 5.91. The second-order valence-electron chi connectivity index (χ2n) is 3.56. The van der Waals surface area contributed by atoms with Crippen molar-refractivity contribution < 1.29 is 0 Å². The molecule has 3 atom stereocenters. The molecule has 0 aliphatic carbocycles. The molecule has 0 saturated carbocycles. The highest BCUT2D eigenvalue weighted by molar-refractivity contribution is 6.21. The number of rotatable bonds is 6. The van der Waals surface area contributed by atoms with Gasteiger partial charge in [-0.25, -0.2) is 0 Å². The normalized spacial score (nSPS) is 18.7. The van der Waals surface area contributed by atoms with Crippen LogP contribution in [-0.4, -0.2) is 40.7 Å². The molecule has 0 rings (SSSR count). The van der Waals surface area contributed by atoms with Crippen molar-refractivity contribution in [3.8, 4) is 0 Å². The number of alkyl halides is 3. The molecule has 0 heterocycles. The van der Waals surface area contributed by atoms with Gasteiger partial charge in [0.2, 0.25) is 0 Å². The maximum atomic E-state index is 5.91. The fourth-order valence-electron chi connectivity index (χ4n) is 1.29. The van der Waals surface area contributed by atoms with E-state index in [2.05, 4.69) is 4.90 Å². The Bertz CT molecular complexity index is 102. The van der Waals surface area contributed by atoms with Crippen molar-refractivity contribution in [2.45, 2.75) is 36.9 Å². The van der Waals surface area contributed by atoms with Crippen LogP contribution in [0.4, 0.5) is 0 Å². The topological polar surface area (TPSA) is 3.24 Å². The van der Waals surface area contributed by atoms with Crippen molar-refractivity contribution in [2.24, 2.45) is 0 Å². The minimum absolute atomic E-state index is 0.144.